The van der Waals surface area contributed by atoms with Gasteiger partial charge in [0.05, 0.1) is 17.9 Å². The molecule has 0 spiro atoms. The smallest absolute Gasteiger partial charge is 0.243 e. The second-order valence-corrected chi connectivity index (χ2v) is 7.62. The molecule has 1 atom stereocenters. The zero-order chi connectivity index (χ0) is 15.5. The van der Waals surface area contributed by atoms with Crippen molar-refractivity contribution in [2.75, 3.05) is 20.2 Å². The molecule has 2 rings (SSSR count). The summed E-state index contributed by atoms with van der Waals surface area (Å²) in [6.45, 7) is 3.36. The highest BCUT2D eigenvalue weighted by molar-refractivity contribution is 7.89. The lowest BCUT2D eigenvalue weighted by Crippen LogP contribution is -2.29. The molecule has 1 aromatic rings. The van der Waals surface area contributed by atoms with E-state index in [4.69, 9.17) is 16.3 Å². The highest BCUT2D eigenvalue weighted by atomic mass is 35.5. The third-order valence-electron chi connectivity index (χ3n) is 3.98. The zero-order valence-corrected chi connectivity index (χ0v) is 14.1. The maximum Gasteiger partial charge on any atom is 0.243 e. The average Bonchev–Trinajstić information content (AvgIpc) is 2.96. The van der Waals surface area contributed by atoms with E-state index in [9.17, 15) is 8.42 Å². The average molecular weight is 332 g/mol. The Bertz CT molecular complexity index is 589. The van der Waals surface area contributed by atoms with Crippen molar-refractivity contribution < 1.29 is 13.2 Å². The molecule has 6 heteroatoms. The first-order valence-electron chi connectivity index (χ1n) is 7.26. The van der Waals surface area contributed by atoms with Crippen molar-refractivity contribution in [3.8, 4) is 5.75 Å². The van der Waals surface area contributed by atoms with Gasteiger partial charge < -0.3 is 4.74 Å². The van der Waals surface area contributed by atoms with Gasteiger partial charge in [-0.15, -0.1) is 11.6 Å². The third kappa shape index (κ3) is 3.52. The summed E-state index contributed by atoms with van der Waals surface area (Å²) < 4.78 is 32.2. The fourth-order valence-electron chi connectivity index (χ4n) is 2.83. The Labute approximate surface area is 132 Å². The minimum atomic E-state index is -3.43. The molecule has 21 heavy (non-hydrogen) atoms. The predicted octanol–water partition coefficient (Wildman–Crippen LogP) is 3.24. The second kappa shape index (κ2) is 6.99. The van der Waals surface area contributed by atoms with Crippen LogP contribution in [0.5, 0.6) is 5.75 Å². The summed E-state index contributed by atoms with van der Waals surface area (Å²) in [7, 11) is -1.88. The molecule has 0 amide bonds. The van der Waals surface area contributed by atoms with Crippen molar-refractivity contribution in [3.05, 3.63) is 23.8 Å². The molecular weight excluding hydrogens is 310 g/mol. The van der Waals surface area contributed by atoms with Gasteiger partial charge in [0, 0.05) is 18.7 Å². The largest absolute Gasteiger partial charge is 0.496 e. The van der Waals surface area contributed by atoms with Crippen LogP contribution in [0.15, 0.2) is 23.1 Å². The predicted molar refractivity (Wildman–Crippen MR) is 84.3 cm³/mol. The number of hydrogen-bond acceptors (Lipinski definition) is 3. The summed E-state index contributed by atoms with van der Waals surface area (Å²) in [6, 6.07) is 4.88. The molecule has 0 N–H and O–H groups in total. The van der Waals surface area contributed by atoms with E-state index in [-0.39, 0.29) is 5.88 Å². The summed E-state index contributed by atoms with van der Waals surface area (Å²) in [4.78, 5) is 0.302. The van der Waals surface area contributed by atoms with Gasteiger partial charge in [-0.25, -0.2) is 8.42 Å². The van der Waals surface area contributed by atoms with Gasteiger partial charge in [0.2, 0.25) is 10.0 Å². The fraction of sp³-hybridized carbons (Fsp3) is 0.600. The van der Waals surface area contributed by atoms with Crippen LogP contribution in [0.25, 0.3) is 0 Å². The molecule has 1 unspecified atom stereocenters. The van der Waals surface area contributed by atoms with Crippen LogP contribution in [-0.2, 0) is 15.9 Å². The second-order valence-electron chi connectivity index (χ2n) is 5.41. The molecule has 1 saturated heterocycles. The summed E-state index contributed by atoms with van der Waals surface area (Å²) in [6.07, 6.45) is 3.13. The lowest BCUT2D eigenvalue weighted by Gasteiger charge is -2.17. The Hall–Kier alpha value is -0.780. The molecular formula is C15H22ClNO3S. The van der Waals surface area contributed by atoms with Crippen LogP contribution in [-0.4, -0.2) is 32.9 Å². The van der Waals surface area contributed by atoms with Gasteiger partial charge in [0.15, 0.2) is 0 Å². The maximum absolute atomic E-state index is 12.7. The van der Waals surface area contributed by atoms with E-state index in [1.165, 1.54) is 0 Å². The number of alkyl halides is 1. The topological polar surface area (TPSA) is 46.6 Å². The Balaban J connectivity index is 2.24. The van der Waals surface area contributed by atoms with Crippen LogP contribution in [0.3, 0.4) is 0 Å². The molecule has 1 aliphatic rings. The Morgan fingerprint density at radius 3 is 2.81 bits per heavy atom. The van der Waals surface area contributed by atoms with Crippen molar-refractivity contribution in [1.82, 2.24) is 4.31 Å². The van der Waals surface area contributed by atoms with Crippen molar-refractivity contribution >= 4 is 21.6 Å². The molecule has 1 aliphatic heterocycles. The van der Waals surface area contributed by atoms with Crippen molar-refractivity contribution in [1.29, 1.82) is 0 Å². The number of methoxy groups -OCH3 is 1. The van der Waals surface area contributed by atoms with E-state index in [2.05, 4.69) is 6.92 Å². The number of halogens is 1. The van der Waals surface area contributed by atoms with Gasteiger partial charge in [0.1, 0.15) is 5.75 Å². The highest BCUT2D eigenvalue weighted by Gasteiger charge is 2.32. The minimum absolute atomic E-state index is 0.227. The number of nitrogens with zero attached hydrogens (tertiary/aromatic N) is 1. The number of rotatable bonds is 6. The molecule has 0 saturated carbocycles. The molecule has 1 heterocycles. The molecule has 0 aliphatic carbocycles. The van der Waals surface area contributed by atoms with Gasteiger partial charge >= 0.3 is 0 Å². The van der Waals surface area contributed by atoms with E-state index < -0.39 is 10.0 Å². The fourth-order valence-corrected chi connectivity index (χ4v) is 4.62. The summed E-state index contributed by atoms with van der Waals surface area (Å²) in [5.41, 5.74) is 0.699. The standard InChI is InChI=1S/C15H22ClNO3S/c1-3-4-12-7-8-17(11-12)21(18,19)14-5-6-15(20-2)13(9-14)10-16/h5-6,9,12H,3-4,7-8,10-11H2,1-2H3. The summed E-state index contributed by atoms with van der Waals surface area (Å²) >= 11 is 5.87. The van der Waals surface area contributed by atoms with E-state index in [0.717, 1.165) is 19.3 Å². The van der Waals surface area contributed by atoms with E-state index in [1.54, 1.807) is 29.6 Å². The lowest BCUT2D eigenvalue weighted by molar-refractivity contribution is 0.410. The normalized spacial score (nSPS) is 19.9. The van der Waals surface area contributed by atoms with E-state index in [1.807, 2.05) is 0 Å². The number of ether oxygens (including phenoxy) is 1. The molecule has 1 fully saturated rings. The molecule has 1 aromatic carbocycles. The van der Waals surface area contributed by atoms with Gasteiger partial charge in [0.25, 0.3) is 0 Å². The van der Waals surface area contributed by atoms with Gasteiger partial charge in [-0.05, 0) is 37.0 Å². The van der Waals surface area contributed by atoms with Gasteiger partial charge in [-0.2, -0.15) is 4.31 Å². The first kappa shape index (κ1) is 16.6. The number of hydrogen-bond donors (Lipinski definition) is 0. The SMILES string of the molecule is CCCC1CCN(S(=O)(=O)c2ccc(OC)c(CCl)c2)C1. The number of benzene rings is 1. The minimum Gasteiger partial charge on any atom is -0.496 e. The monoisotopic (exact) mass is 331 g/mol. The summed E-state index contributed by atoms with van der Waals surface area (Å²) in [5, 5.41) is 0. The van der Waals surface area contributed by atoms with Crippen molar-refractivity contribution in [3.63, 3.8) is 0 Å². The molecule has 118 valence electrons. The van der Waals surface area contributed by atoms with E-state index in [0.29, 0.717) is 35.2 Å². The van der Waals surface area contributed by atoms with Crippen LogP contribution in [0.1, 0.15) is 31.7 Å². The Morgan fingerprint density at radius 2 is 2.19 bits per heavy atom. The van der Waals surface area contributed by atoms with Gasteiger partial charge in [-0.1, -0.05) is 13.3 Å². The van der Waals surface area contributed by atoms with Crippen LogP contribution in [0.2, 0.25) is 0 Å². The van der Waals surface area contributed by atoms with Crippen LogP contribution < -0.4 is 4.74 Å². The van der Waals surface area contributed by atoms with Gasteiger partial charge in [-0.3, -0.25) is 0 Å². The number of sulfonamides is 1. The summed E-state index contributed by atoms with van der Waals surface area (Å²) in [5.74, 6) is 1.33. The Kier molecular flexibility index (Phi) is 5.52. The molecule has 4 nitrogen and oxygen atoms in total. The van der Waals surface area contributed by atoms with Crippen LogP contribution >= 0.6 is 11.6 Å². The quantitative estimate of drug-likeness (QED) is 0.752. The molecule has 0 radical (unpaired) electrons. The van der Waals surface area contributed by atoms with Crippen molar-refractivity contribution in [2.24, 2.45) is 5.92 Å². The lowest BCUT2D eigenvalue weighted by atomic mass is 10.0. The maximum atomic E-state index is 12.7. The van der Waals surface area contributed by atoms with E-state index >= 15 is 0 Å². The van der Waals surface area contributed by atoms with Crippen molar-refractivity contribution in [2.45, 2.75) is 37.0 Å². The highest BCUT2D eigenvalue weighted by Crippen LogP contribution is 2.29. The van der Waals surface area contributed by atoms with Crippen LogP contribution in [0, 0.1) is 5.92 Å². The molecule has 0 aromatic heterocycles. The van der Waals surface area contributed by atoms with Crippen LogP contribution in [0.4, 0.5) is 0 Å². The third-order valence-corrected chi connectivity index (χ3v) is 6.13. The first-order valence-corrected chi connectivity index (χ1v) is 9.23. The zero-order valence-electron chi connectivity index (χ0n) is 12.5. The Morgan fingerprint density at radius 1 is 1.43 bits per heavy atom. The molecule has 0 bridgehead atoms. The first-order chi connectivity index (χ1) is 10.0.